The Hall–Kier alpha value is -2.19. The molecule has 0 radical (unpaired) electrons. The third-order valence-electron chi connectivity index (χ3n) is 5.00. The molecular weight excluding hydrogens is 383 g/mol. The van der Waals surface area contributed by atoms with Crippen LogP contribution in [0.4, 0.5) is 4.39 Å². The smallest absolute Gasteiger partial charge is 0.243 e. The van der Waals surface area contributed by atoms with Crippen molar-refractivity contribution in [1.82, 2.24) is 9.62 Å². The largest absolute Gasteiger partial charge is 0.469 e. The van der Waals surface area contributed by atoms with Crippen molar-refractivity contribution < 1.29 is 22.0 Å². The van der Waals surface area contributed by atoms with Gasteiger partial charge < -0.3 is 9.73 Å². The molecule has 1 saturated heterocycles. The first-order chi connectivity index (χ1) is 13.4. The molecular formula is C20H25FN2O4S. The lowest BCUT2D eigenvalue weighted by atomic mass is 9.98. The Kier molecular flexibility index (Phi) is 6.51. The summed E-state index contributed by atoms with van der Waals surface area (Å²) in [6.07, 6.45) is 4.34. The van der Waals surface area contributed by atoms with Gasteiger partial charge in [-0.25, -0.2) is 12.8 Å². The third kappa shape index (κ3) is 4.99. The number of hydrogen-bond acceptors (Lipinski definition) is 4. The highest BCUT2D eigenvalue weighted by molar-refractivity contribution is 7.89. The number of furan rings is 1. The van der Waals surface area contributed by atoms with E-state index in [-0.39, 0.29) is 23.4 Å². The van der Waals surface area contributed by atoms with Gasteiger partial charge in [-0.3, -0.25) is 4.79 Å². The molecule has 0 saturated carbocycles. The fraction of sp³-hybridized carbons (Fsp3) is 0.450. The maximum Gasteiger partial charge on any atom is 0.243 e. The number of carbonyl (C=O) groups excluding carboxylic acids is 1. The van der Waals surface area contributed by atoms with Crippen LogP contribution in [0.25, 0.3) is 0 Å². The molecule has 28 heavy (non-hydrogen) atoms. The third-order valence-corrected chi connectivity index (χ3v) is 6.88. The summed E-state index contributed by atoms with van der Waals surface area (Å²) in [4.78, 5) is 12.7. The maximum absolute atomic E-state index is 13.1. The average Bonchev–Trinajstić information content (AvgIpc) is 3.20. The van der Waals surface area contributed by atoms with Gasteiger partial charge in [-0.05, 0) is 62.6 Å². The van der Waals surface area contributed by atoms with E-state index in [0.29, 0.717) is 19.4 Å². The van der Waals surface area contributed by atoms with Gasteiger partial charge in [0.15, 0.2) is 0 Å². The minimum Gasteiger partial charge on any atom is -0.469 e. The quantitative estimate of drug-likeness (QED) is 0.764. The van der Waals surface area contributed by atoms with Crippen molar-refractivity contribution in [2.75, 3.05) is 13.1 Å². The standard InChI is InChI=1S/C20H25FN2O4S/c1-15(6-9-18-5-3-13-27-18)22-20(24)16-4-2-12-23(14-16)28(25,26)19-10-7-17(21)8-11-19/h3,5,7-8,10-11,13,15-16H,2,4,6,9,12,14H2,1H3,(H,22,24)/t15-,16-/m0/s1. The second kappa shape index (κ2) is 8.87. The number of nitrogens with one attached hydrogen (secondary N) is 1. The molecule has 2 atom stereocenters. The molecule has 0 bridgehead atoms. The normalized spacial score (nSPS) is 19.3. The van der Waals surface area contributed by atoms with Crippen LogP contribution >= 0.6 is 0 Å². The lowest BCUT2D eigenvalue weighted by Gasteiger charge is -2.31. The van der Waals surface area contributed by atoms with Crippen molar-refractivity contribution in [3.8, 4) is 0 Å². The topological polar surface area (TPSA) is 79.6 Å². The Morgan fingerprint density at radius 1 is 1.32 bits per heavy atom. The number of aryl methyl sites for hydroxylation is 1. The van der Waals surface area contributed by atoms with Crippen LogP contribution in [-0.4, -0.2) is 37.8 Å². The summed E-state index contributed by atoms with van der Waals surface area (Å²) in [7, 11) is -3.74. The molecule has 0 unspecified atom stereocenters. The lowest BCUT2D eigenvalue weighted by Crippen LogP contribution is -2.47. The summed E-state index contributed by atoms with van der Waals surface area (Å²) >= 11 is 0. The van der Waals surface area contributed by atoms with E-state index < -0.39 is 21.8 Å². The van der Waals surface area contributed by atoms with Crippen LogP contribution in [0.5, 0.6) is 0 Å². The Morgan fingerprint density at radius 2 is 2.07 bits per heavy atom. The molecule has 2 heterocycles. The highest BCUT2D eigenvalue weighted by Gasteiger charge is 2.33. The molecule has 1 amide bonds. The summed E-state index contributed by atoms with van der Waals surface area (Å²) in [5.74, 6) is -0.144. The van der Waals surface area contributed by atoms with Gasteiger partial charge in [0.2, 0.25) is 15.9 Å². The Morgan fingerprint density at radius 3 is 2.75 bits per heavy atom. The zero-order valence-electron chi connectivity index (χ0n) is 15.8. The fourth-order valence-corrected chi connectivity index (χ4v) is 4.90. The van der Waals surface area contributed by atoms with Gasteiger partial charge in [-0.15, -0.1) is 0 Å². The molecule has 1 aromatic heterocycles. The van der Waals surface area contributed by atoms with E-state index >= 15 is 0 Å². The summed E-state index contributed by atoms with van der Waals surface area (Å²) in [5.41, 5.74) is 0. The minimum absolute atomic E-state index is 0.0401. The van der Waals surface area contributed by atoms with Gasteiger partial charge in [0.05, 0.1) is 17.1 Å². The lowest BCUT2D eigenvalue weighted by molar-refractivity contribution is -0.126. The van der Waals surface area contributed by atoms with Crippen molar-refractivity contribution in [2.24, 2.45) is 5.92 Å². The summed E-state index contributed by atoms with van der Waals surface area (Å²) in [5, 5.41) is 2.98. The van der Waals surface area contributed by atoms with E-state index in [1.165, 1.54) is 16.4 Å². The van der Waals surface area contributed by atoms with Crippen molar-refractivity contribution in [3.63, 3.8) is 0 Å². The maximum atomic E-state index is 13.1. The second-order valence-corrected chi connectivity index (χ2v) is 9.12. The van der Waals surface area contributed by atoms with Crippen LogP contribution in [0.1, 0.15) is 31.9 Å². The minimum atomic E-state index is -3.74. The van der Waals surface area contributed by atoms with Crippen LogP contribution in [0.3, 0.4) is 0 Å². The van der Waals surface area contributed by atoms with E-state index in [0.717, 1.165) is 30.7 Å². The molecule has 1 fully saturated rings. The number of amides is 1. The average molecular weight is 408 g/mol. The summed E-state index contributed by atoms with van der Waals surface area (Å²) in [6.45, 7) is 2.42. The van der Waals surface area contributed by atoms with Gasteiger partial charge in [-0.1, -0.05) is 0 Å². The van der Waals surface area contributed by atoms with E-state index in [1.807, 2.05) is 19.1 Å². The molecule has 1 aliphatic heterocycles. The molecule has 152 valence electrons. The number of nitrogens with zero attached hydrogens (tertiary/aromatic N) is 1. The van der Waals surface area contributed by atoms with Gasteiger partial charge >= 0.3 is 0 Å². The molecule has 1 N–H and O–H groups in total. The monoisotopic (exact) mass is 408 g/mol. The van der Waals surface area contributed by atoms with Crippen molar-refractivity contribution in [3.05, 3.63) is 54.2 Å². The van der Waals surface area contributed by atoms with E-state index in [2.05, 4.69) is 5.32 Å². The van der Waals surface area contributed by atoms with Crippen LogP contribution < -0.4 is 5.32 Å². The van der Waals surface area contributed by atoms with Gasteiger partial charge in [-0.2, -0.15) is 4.31 Å². The predicted molar refractivity (Wildman–Crippen MR) is 103 cm³/mol. The SMILES string of the molecule is C[C@@H](CCc1ccco1)NC(=O)[C@H]1CCCN(S(=O)(=O)c2ccc(F)cc2)C1. The van der Waals surface area contributed by atoms with Crippen LogP contribution in [0.15, 0.2) is 52.0 Å². The van der Waals surface area contributed by atoms with Gasteiger partial charge in [0.1, 0.15) is 11.6 Å². The fourth-order valence-electron chi connectivity index (χ4n) is 3.38. The number of halogens is 1. The number of hydrogen-bond donors (Lipinski definition) is 1. The van der Waals surface area contributed by atoms with Crippen molar-refractivity contribution >= 4 is 15.9 Å². The van der Waals surface area contributed by atoms with E-state index in [4.69, 9.17) is 4.42 Å². The number of sulfonamides is 1. The molecule has 2 aromatic rings. The zero-order chi connectivity index (χ0) is 20.1. The van der Waals surface area contributed by atoms with Crippen molar-refractivity contribution in [1.29, 1.82) is 0 Å². The number of carbonyl (C=O) groups is 1. The Balaban J connectivity index is 1.57. The van der Waals surface area contributed by atoms with Crippen LogP contribution in [-0.2, 0) is 21.2 Å². The highest BCUT2D eigenvalue weighted by atomic mass is 32.2. The Bertz CT molecular complexity index is 881. The zero-order valence-corrected chi connectivity index (χ0v) is 16.6. The predicted octanol–water partition coefficient (Wildman–Crippen LogP) is 2.96. The number of piperidine rings is 1. The van der Waals surface area contributed by atoms with Crippen molar-refractivity contribution in [2.45, 2.75) is 43.5 Å². The first-order valence-electron chi connectivity index (χ1n) is 9.45. The molecule has 0 aliphatic carbocycles. The first kappa shape index (κ1) is 20.5. The van der Waals surface area contributed by atoms with E-state index in [9.17, 15) is 17.6 Å². The summed E-state index contributed by atoms with van der Waals surface area (Å²) in [6, 6.07) is 8.45. The molecule has 1 aromatic carbocycles. The molecule has 8 heteroatoms. The number of rotatable bonds is 7. The van der Waals surface area contributed by atoms with Crippen LogP contribution in [0.2, 0.25) is 0 Å². The molecule has 1 aliphatic rings. The number of benzene rings is 1. The summed E-state index contributed by atoms with van der Waals surface area (Å²) < 4.78 is 45.3. The van der Waals surface area contributed by atoms with Crippen LogP contribution in [0, 0.1) is 11.7 Å². The van der Waals surface area contributed by atoms with E-state index in [1.54, 1.807) is 6.26 Å². The Labute approximate surface area is 164 Å². The highest BCUT2D eigenvalue weighted by Crippen LogP contribution is 2.24. The second-order valence-electron chi connectivity index (χ2n) is 7.18. The molecule has 6 nitrogen and oxygen atoms in total. The first-order valence-corrected chi connectivity index (χ1v) is 10.9. The van der Waals surface area contributed by atoms with Gasteiger partial charge in [0.25, 0.3) is 0 Å². The molecule has 3 rings (SSSR count). The van der Waals surface area contributed by atoms with Gasteiger partial charge in [0, 0.05) is 25.6 Å². The molecule has 0 spiro atoms.